The molecule has 0 fully saturated rings. The molecule has 0 saturated carbocycles. The Kier molecular flexibility index (Phi) is 3.71. The van der Waals surface area contributed by atoms with Gasteiger partial charge < -0.3 is 0 Å². The molecule has 0 radical (unpaired) electrons. The van der Waals surface area contributed by atoms with E-state index in [0.29, 0.717) is 0 Å². The van der Waals surface area contributed by atoms with Crippen molar-refractivity contribution in [2.75, 3.05) is 0 Å². The van der Waals surface area contributed by atoms with E-state index in [9.17, 15) is 0 Å². The molecule has 0 amide bonds. The molecule has 22 heavy (non-hydrogen) atoms. The van der Waals surface area contributed by atoms with Crippen LogP contribution >= 0.6 is 0 Å². The van der Waals surface area contributed by atoms with Gasteiger partial charge in [0.2, 0.25) is 0 Å². The summed E-state index contributed by atoms with van der Waals surface area (Å²) in [6.07, 6.45) is 9.05. The number of pyridine rings is 1. The maximum Gasteiger partial charge on any atom is 0.145 e. The van der Waals surface area contributed by atoms with Gasteiger partial charge in [-0.15, -0.1) is 0 Å². The highest BCUT2D eigenvalue weighted by molar-refractivity contribution is 5.85. The Balaban J connectivity index is 2.38. The Morgan fingerprint density at radius 2 is 2.09 bits per heavy atom. The van der Waals surface area contributed by atoms with Crippen molar-refractivity contribution in [1.82, 2.24) is 14.5 Å². The van der Waals surface area contributed by atoms with Gasteiger partial charge in [-0.1, -0.05) is 37.5 Å². The SMILES string of the molecule is C=C/C=C(\C=C)c1nc2cc(C)ccc2n1-c1cccnc1. The molecule has 0 N–H and O–H groups in total. The zero-order chi connectivity index (χ0) is 15.5. The van der Waals surface area contributed by atoms with Crippen molar-refractivity contribution in [1.29, 1.82) is 0 Å². The normalized spacial score (nSPS) is 11.6. The highest BCUT2D eigenvalue weighted by Gasteiger charge is 2.14. The Morgan fingerprint density at radius 3 is 2.77 bits per heavy atom. The number of aryl methyl sites for hydroxylation is 1. The van der Waals surface area contributed by atoms with Gasteiger partial charge in [-0.2, -0.15) is 0 Å². The monoisotopic (exact) mass is 287 g/mol. The average Bonchev–Trinajstić information content (AvgIpc) is 2.91. The fourth-order valence-electron chi connectivity index (χ4n) is 2.49. The van der Waals surface area contributed by atoms with Crippen LogP contribution in [0.3, 0.4) is 0 Å². The van der Waals surface area contributed by atoms with E-state index in [4.69, 9.17) is 4.98 Å². The highest BCUT2D eigenvalue weighted by Crippen LogP contribution is 2.26. The second-order valence-electron chi connectivity index (χ2n) is 5.04. The van der Waals surface area contributed by atoms with Gasteiger partial charge in [-0.3, -0.25) is 9.55 Å². The number of allylic oxidation sites excluding steroid dienone is 4. The third-order valence-electron chi connectivity index (χ3n) is 3.49. The van der Waals surface area contributed by atoms with Crippen molar-refractivity contribution in [2.45, 2.75) is 6.92 Å². The molecule has 0 aliphatic heterocycles. The smallest absolute Gasteiger partial charge is 0.145 e. The summed E-state index contributed by atoms with van der Waals surface area (Å²) in [5.41, 5.74) is 5.08. The van der Waals surface area contributed by atoms with E-state index in [1.54, 1.807) is 18.3 Å². The molecule has 0 unspecified atom stereocenters. The molecule has 0 bridgehead atoms. The second-order valence-corrected chi connectivity index (χ2v) is 5.04. The lowest BCUT2D eigenvalue weighted by molar-refractivity contribution is 1.04. The van der Waals surface area contributed by atoms with Crippen molar-refractivity contribution in [3.8, 4) is 5.69 Å². The maximum absolute atomic E-state index is 4.79. The van der Waals surface area contributed by atoms with Gasteiger partial charge >= 0.3 is 0 Å². The minimum absolute atomic E-state index is 0.837. The fourth-order valence-corrected chi connectivity index (χ4v) is 2.49. The quantitative estimate of drug-likeness (QED) is 0.662. The van der Waals surface area contributed by atoms with Crippen LogP contribution in [0.2, 0.25) is 0 Å². The maximum atomic E-state index is 4.79. The number of aromatic nitrogens is 3. The Morgan fingerprint density at radius 1 is 1.23 bits per heavy atom. The van der Waals surface area contributed by atoms with Crippen molar-refractivity contribution < 1.29 is 0 Å². The molecule has 0 aliphatic carbocycles. The van der Waals surface area contributed by atoms with Crippen LogP contribution in [-0.4, -0.2) is 14.5 Å². The first-order valence-electron chi connectivity index (χ1n) is 7.09. The lowest BCUT2D eigenvalue weighted by atomic mass is 10.2. The predicted octanol–water partition coefficient (Wildman–Crippen LogP) is 4.48. The molecule has 0 saturated heterocycles. The van der Waals surface area contributed by atoms with E-state index < -0.39 is 0 Å². The van der Waals surface area contributed by atoms with Crippen LogP contribution in [0.4, 0.5) is 0 Å². The topological polar surface area (TPSA) is 30.7 Å². The van der Waals surface area contributed by atoms with E-state index in [-0.39, 0.29) is 0 Å². The first kappa shape index (κ1) is 14.0. The van der Waals surface area contributed by atoms with Gasteiger partial charge in [0.05, 0.1) is 22.9 Å². The largest absolute Gasteiger partial charge is 0.291 e. The molecule has 0 atom stereocenters. The number of rotatable bonds is 4. The molecule has 0 aliphatic rings. The zero-order valence-corrected chi connectivity index (χ0v) is 12.5. The van der Waals surface area contributed by atoms with E-state index in [1.165, 1.54) is 5.56 Å². The van der Waals surface area contributed by atoms with Crippen LogP contribution in [0.25, 0.3) is 22.3 Å². The summed E-state index contributed by atoms with van der Waals surface area (Å²) in [4.78, 5) is 9.01. The van der Waals surface area contributed by atoms with E-state index in [0.717, 1.165) is 28.1 Å². The van der Waals surface area contributed by atoms with Crippen LogP contribution in [0.15, 0.2) is 74.1 Å². The molecule has 2 aromatic heterocycles. The first-order chi connectivity index (χ1) is 10.7. The summed E-state index contributed by atoms with van der Waals surface area (Å²) < 4.78 is 2.10. The molecule has 3 heteroatoms. The summed E-state index contributed by atoms with van der Waals surface area (Å²) in [7, 11) is 0. The molecule has 1 aromatic carbocycles. The van der Waals surface area contributed by atoms with Gasteiger partial charge in [0.15, 0.2) is 0 Å². The summed E-state index contributed by atoms with van der Waals surface area (Å²) >= 11 is 0. The molecule has 0 spiro atoms. The number of hydrogen-bond acceptors (Lipinski definition) is 2. The van der Waals surface area contributed by atoms with Crippen LogP contribution in [0, 0.1) is 6.92 Å². The summed E-state index contributed by atoms with van der Waals surface area (Å²) in [6.45, 7) is 9.73. The number of imidazole rings is 1. The molecule has 108 valence electrons. The lowest BCUT2D eigenvalue weighted by Gasteiger charge is -2.09. The number of hydrogen-bond donors (Lipinski definition) is 0. The van der Waals surface area contributed by atoms with Crippen LogP contribution < -0.4 is 0 Å². The van der Waals surface area contributed by atoms with Crippen LogP contribution in [0.1, 0.15) is 11.4 Å². The number of fused-ring (bicyclic) bond motifs is 1. The predicted molar refractivity (Wildman–Crippen MR) is 92.0 cm³/mol. The third-order valence-corrected chi connectivity index (χ3v) is 3.49. The molecular formula is C19H17N3. The van der Waals surface area contributed by atoms with Gasteiger partial charge in [0, 0.05) is 11.8 Å². The van der Waals surface area contributed by atoms with Crippen molar-refractivity contribution in [3.05, 3.63) is 85.5 Å². The minimum atomic E-state index is 0.837. The molecular weight excluding hydrogens is 270 g/mol. The van der Waals surface area contributed by atoms with Gasteiger partial charge in [-0.25, -0.2) is 4.98 Å². The summed E-state index contributed by atoms with van der Waals surface area (Å²) in [5, 5.41) is 0. The fraction of sp³-hybridized carbons (Fsp3) is 0.0526. The Labute approximate surface area is 130 Å². The standard InChI is InChI=1S/C19H17N3/c1-4-7-15(5-2)19-21-17-12-14(3)9-10-18(17)22(19)16-8-6-11-20-13-16/h4-13H,1-2H2,3H3/b15-7+. The highest BCUT2D eigenvalue weighted by atomic mass is 15.1. The van der Waals surface area contributed by atoms with Gasteiger partial charge in [0.1, 0.15) is 5.82 Å². The minimum Gasteiger partial charge on any atom is -0.291 e. The third kappa shape index (κ3) is 2.37. The van der Waals surface area contributed by atoms with Crippen LogP contribution in [-0.2, 0) is 0 Å². The Hall–Kier alpha value is -2.94. The van der Waals surface area contributed by atoms with Crippen molar-refractivity contribution in [3.63, 3.8) is 0 Å². The van der Waals surface area contributed by atoms with E-state index in [2.05, 4.69) is 47.8 Å². The molecule has 3 nitrogen and oxygen atoms in total. The van der Waals surface area contributed by atoms with Gasteiger partial charge in [0.25, 0.3) is 0 Å². The lowest BCUT2D eigenvalue weighted by Crippen LogP contribution is -2.00. The van der Waals surface area contributed by atoms with E-state index in [1.807, 2.05) is 24.4 Å². The van der Waals surface area contributed by atoms with Crippen LogP contribution in [0.5, 0.6) is 0 Å². The van der Waals surface area contributed by atoms with Gasteiger partial charge in [-0.05, 0) is 36.8 Å². The van der Waals surface area contributed by atoms with Crippen molar-refractivity contribution in [2.24, 2.45) is 0 Å². The number of nitrogens with zero attached hydrogens (tertiary/aromatic N) is 3. The summed E-state index contributed by atoms with van der Waals surface area (Å²) in [5.74, 6) is 0.837. The molecule has 3 aromatic rings. The summed E-state index contributed by atoms with van der Waals surface area (Å²) in [6, 6.07) is 10.2. The zero-order valence-electron chi connectivity index (χ0n) is 12.5. The molecule has 3 rings (SSSR count). The number of benzene rings is 1. The van der Waals surface area contributed by atoms with Crippen molar-refractivity contribution >= 4 is 16.6 Å². The van der Waals surface area contributed by atoms with E-state index >= 15 is 0 Å². The second kappa shape index (κ2) is 5.82. The Bertz CT molecular complexity index is 870. The molecule has 2 heterocycles. The first-order valence-corrected chi connectivity index (χ1v) is 7.09. The average molecular weight is 287 g/mol.